The molecule has 1 aliphatic rings. The van der Waals surface area contributed by atoms with E-state index >= 15 is 0 Å². The number of hydrogen-bond donors (Lipinski definition) is 1. The van der Waals surface area contributed by atoms with Crippen molar-refractivity contribution in [2.24, 2.45) is 0 Å². The SMILES string of the molecule is COc1cccc(C(O)CN2CCN(CCOC(C)C)CC2)c1. The van der Waals surface area contributed by atoms with Crippen LogP contribution in [0.15, 0.2) is 24.3 Å². The lowest BCUT2D eigenvalue weighted by Gasteiger charge is -2.35. The lowest BCUT2D eigenvalue weighted by atomic mass is 10.1. The van der Waals surface area contributed by atoms with E-state index in [9.17, 15) is 5.11 Å². The van der Waals surface area contributed by atoms with Gasteiger partial charge in [-0.25, -0.2) is 0 Å². The molecule has 1 unspecified atom stereocenters. The van der Waals surface area contributed by atoms with E-state index in [1.54, 1.807) is 7.11 Å². The molecule has 1 aromatic rings. The Hall–Kier alpha value is -1.14. The number of β-amino-alcohol motifs (C(OH)–C–C–N with tert-alkyl or cyclic N) is 1. The number of nitrogens with zero attached hydrogens (tertiary/aromatic N) is 2. The molecule has 1 heterocycles. The number of hydrogen-bond acceptors (Lipinski definition) is 5. The Bertz CT molecular complexity index is 459. The summed E-state index contributed by atoms with van der Waals surface area (Å²) in [6.07, 6.45) is -0.171. The van der Waals surface area contributed by atoms with Gasteiger partial charge in [-0.15, -0.1) is 0 Å². The van der Waals surface area contributed by atoms with Gasteiger partial charge in [0.15, 0.2) is 0 Å². The summed E-state index contributed by atoms with van der Waals surface area (Å²) in [6.45, 7) is 10.6. The van der Waals surface area contributed by atoms with Gasteiger partial charge >= 0.3 is 0 Å². The van der Waals surface area contributed by atoms with Crippen molar-refractivity contribution < 1.29 is 14.6 Å². The van der Waals surface area contributed by atoms with Crippen LogP contribution >= 0.6 is 0 Å². The molecule has 1 saturated heterocycles. The molecule has 5 nitrogen and oxygen atoms in total. The monoisotopic (exact) mass is 322 g/mol. The number of benzene rings is 1. The molecule has 1 aliphatic heterocycles. The van der Waals surface area contributed by atoms with Crippen LogP contribution in [0.1, 0.15) is 25.5 Å². The van der Waals surface area contributed by atoms with Crippen molar-refractivity contribution in [1.82, 2.24) is 9.80 Å². The van der Waals surface area contributed by atoms with Gasteiger partial charge in [0.1, 0.15) is 5.75 Å². The molecule has 0 spiro atoms. The second-order valence-electron chi connectivity index (χ2n) is 6.35. The van der Waals surface area contributed by atoms with Crippen LogP contribution in [0, 0.1) is 0 Å². The molecule has 5 heteroatoms. The topological polar surface area (TPSA) is 45.2 Å². The summed E-state index contributed by atoms with van der Waals surface area (Å²) in [5, 5.41) is 10.4. The largest absolute Gasteiger partial charge is 0.497 e. The number of methoxy groups -OCH3 is 1. The summed E-state index contributed by atoms with van der Waals surface area (Å²) in [5.41, 5.74) is 0.914. The highest BCUT2D eigenvalue weighted by molar-refractivity contribution is 5.29. The Morgan fingerprint density at radius 3 is 2.48 bits per heavy atom. The van der Waals surface area contributed by atoms with E-state index in [4.69, 9.17) is 9.47 Å². The minimum atomic E-state index is -0.471. The summed E-state index contributed by atoms with van der Waals surface area (Å²) < 4.78 is 10.8. The molecule has 1 aromatic carbocycles. The van der Waals surface area contributed by atoms with Crippen LogP contribution in [0.4, 0.5) is 0 Å². The first-order valence-corrected chi connectivity index (χ1v) is 8.47. The van der Waals surface area contributed by atoms with E-state index in [2.05, 4.69) is 23.6 Å². The first-order chi connectivity index (χ1) is 11.1. The quantitative estimate of drug-likeness (QED) is 0.790. The molecule has 130 valence electrons. The Morgan fingerprint density at radius 1 is 1.13 bits per heavy atom. The van der Waals surface area contributed by atoms with Gasteiger partial charge in [-0.3, -0.25) is 9.80 Å². The molecule has 2 rings (SSSR count). The third-order valence-electron chi connectivity index (χ3n) is 4.23. The Labute approximate surface area is 139 Å². The molecule has 1 N–H and O–H groups in total. The predicted molar refractivity (Wildman–Crippen MR) is 91.9 cm³/mol. The Balaban J connectivity index is 1.73. The van der Waals surface area contributed by atoms with Crippen LogP contribution in [-0.2, 0) is 4.74 Å². The molecule has 0 amide bonds. The first kappa shape index (κ1) is 18.2. The van der Waals surface area contributed by atoms with Crippen molar-refractivity contribution >= 4 is 0 Å². The summed E-state index contributed by atoms with van der Waals surface area (Å²) >= 11 is 0. The van der Waals surface area contributed by atoms with Crippen molar-refractivity contribution in [3.63, 3.8) is 0 Å². The number of rotatable bonds is 8. The maximum absolute atomic E-state index is 10.4. The maximum Gasteiger partial charge on any atom is 0.119 e. The summed E-state index contributed by atoms with van der Waals surface area (Å²) in [7, 11) is 1.65. The standard InChI is InChI=1S/C18H30N2O3/c1-15(2)23-12-11-19-7-9-20(10-8-19)14-18(21)16-5-4-6-17(13-16)22-3/h4-6,13,15,18,21H,7-12,14H2,1-3H3. The lowest BCUT2D eigenvalue weighted by molar-refractivity contribution is 0.0347. The lowest BCUT2D eigenvalue weighted by Crippen LogP contribution is -2.48. The third kappa shape index (κ3) is 6.11. The second-order valence-corrected chi connectivity index (χ2v) is 6.35. The van der Waals surface area contributed by atoms with E-state index in [1.807, 2.05) is 24.3 Å². The van der Waals surface area contributed by atoms with Gasteiger partial charge < -0.3 is 14.6 Å². The summed E-state index contributed by atoms with van der Waals surface area (Å²) in [5.74, 6) is 0.788. The number of aliphatic hydroxyl groups is 1. The van der Waals surface area contributed by atoms with E-state index < -0.39 is 6.10 Å². The zero-order valence-corrected chi connectivity index (χ0v) is 14.6. The normalized spacial score (nSPS) is 18.3. The highest BCUT2D eigenvalue weighted by atomic mass is 16.5. The van der Waals surface area contributed by atoms with Crippen molar-refractivity contribution in [3.8, 4) is 5.75 Å². The minimum absolute atomic E-state index is 0.300. The van der Waals surface area contributed by atoms with Crippen LogP contribution in [0.25, 0.3) is 0 Å². The van der Waals surface area contributed by atoms with E-state index in [0.717, 1.165) is 50.6 Å². The van der Waals surface area contributed by atoms with Gasteiger partial charge in [0, 0.05) is 39.3 Å². The highest BCUT2D eigenvalue weighted by Gasteiger charge is 2.20. The van der Waals surface area contributed by atoms with E-state index in [0.29, 0.717) is 12.6 Å². The number of ether oxygens (including phenoxy) is 2. The zero-order chi connectivity index (χ0) is 16.7. The first-order valence-electron chi connectivity index (χ1n) is 8.47. The molecule has 23 heavy (non-hydrogen) atoms. The van der Waals surface area contributed by atoms with Crippen molar-refractivity contribution in [3.05, 3.63) is 29.8 Å². The number of piperazine rings is 1. The van der Waals surface area contributed by atoms with Gasteiger partial charge in [0.2, 0.25) is 0 Å². The van der Waals surface area contributed by atoms with Gasteiger partial charge in [-0.1, -0.05) is 12.1 Å². The Morgan fingerprint density at radius 2 is 1.83 bits per heavy atom. The third-order valence-corrected chi connectivity index (χ3v) is 4.23. The summed E-state index contributed by atoms with van der Waals surface area (Å²) in [4.78, 5) is 4.75. The van der Waals surface area contributed by atoms with Gasteiger partial charge in [-0.2, -0.15) is 0 Å². The maximum atomic E-state index is 10.4. The van der Waals surface area contributed by atoms with Crippen LogP contribution in [-0.4, -0.2) is 74.0 Å². The minimum Gasteiger partial charge on any atom is -0.497 e. The van der Waals surface area contributed by atoms with Crippen LogP contribution in [0.2, 0.25) is 0 Å². The van der Waals surface area contributed by atoms with Gasteiger partial charge in [-0.05, 0) is 31.5 Å². The molecule has 0 aliphatic carbocycles. The highest BCUT2D eigenvalue weighted by Crippen LogP contribution is 2.20. The molecule has 1 fully saturated rings. The number of aliphatic hydroxyl groups excluding tert-OH is 1. The van der Waals surface area contributed by atoms with Crippen LogP contribution < -0.4 is 4.74 Å². The van der Waals surface area contributed by atoms with Crippen LogP contribution in [0.3, 0.4) is 0 Å². The fourth-order valence-corrected chi connectivity index (χ4v) is 2.81. The molecule has 0 aromatic heterocycles. The van der Waals surface area contributed by atoms with Gasteiger partial charge in [0.05, 0.1) is 25.9 Å². The van der Waals surface area contributed by atoms with Crippen molar-refractivity contribution in [1.29, 1.82) is 0 Å². The summed E-state index contributed by atoms with van der Waals surface area (Å²) in [6, 6.07) is 7.68. The van der Waals surface area contributed by atoms with Crippen molar-refractivity contribution in [2.75, 3.05) is 53.0 Å². The second kappa shape index (κ2) is 9.23. The zero-order valence-electron chi connectivity index (χ0n) is 14.6. The van der Waals surface area contributed by atoms with Gasteiger partial charge in [0.25, 0.3) is 0 Å². The Kier molecular flexibility index (Phi) is 7.30. The average Bonchev–Trinajstić information content (AvgIpc) is 2.56. The fraction of sp³-hybridized carbons (Fsp3) is 0.667. The van der Waals surface area contributed by atoms with E-state index in [1.165, 1.54) is 0 Å². The molecule has 0 radical (unpaired) electrons. The molecular weight excluding hydrogens is 292 g/mol. The average molecular weight is 322 g/mol. The molecule has 0 saturated carbocycles. The van der Waals surface area contributed by atoms with Crippen molar-refractivity contribution in [2.45, 2.75) is 26.1 Å². The molecule has 0 bridgehead atoms. The molecular formula is C18H30N2O3. The van der Waals surface area contributed by atoms with Crippen LogP contribution in [0.5, 0.6) is 5.75 Å². The predicted octanol–water partition coefficient (Wildman–Crippen LogP) is 1.77. The van der Waals surface area contributed by atoms with E-state index in [-0.39, 0.29) is 0 Å². The fourth-order valence-electron chi connectivity index (χ4n) is 2.81. The smallest absolute Gasteiger partial charge is 0.119 e. The molecule has 1 atom stereocenters.